The lowest BCUT2D eigenvalue weighted by Gasteiger charge is -2.18. The van der Waals surface area contributed by atoms with E-state index < -0.39 is 5.82 Å². The zero-order chi connectivity index (χ0) is 18.8. The molecule has 0 aliphatic rings. The normalized spacial score (nSPS) is 10.4. The number of nitriles is 1. The first-order chi connectivity index (χ1) is 12.5. The van der Waals surface area contributed by atoms with E-state index in [1.807, 2.05) is 18.2 Å². The summed E-state index contributed by atoms with van der Waals surface area (Å²) in [5.41, 5.74) is 8.43. The van der Waals surface area contributed by atoms with E-state index in [-0.39, 0.29) is 22.0 Å². The molecule has 3 rings (SSSR count). The van der Waals surface area contributed by atoms with Gasteiger partial charge in [-0.25, -0.2) is 9.37 Å². The average Bonchev–Trinajstić information content (AvgIpc) is 2.62. The van der Waals surface area contributed by atoms with Crippen LogP contribution in [0.1, 0.15) is 11.3 Å². The number of benzene rings is 2. The molecule has 4 nitrogen and oxygen atoms in total. The van der Waals surface area contributed by atoms with Gasteiger partial charge in [0.2, 0.25) is 0 Å². The van der Waals surface area contributed by atoms with Gasteiger partial charge in [0, 0.05) is 22.4 Å². The highest BCUT2D eigenvalue weighted by molar-refractivity contribution is 6.33. The van der Waals surface area contributed by atoms with Crippen molar-refractivity contribution in [3.05, 3.63) is 64.6 Å². The Balaban J connectivity index is 2.43. The number of pyridine rings is 1. The summed E-state index contributed by atoms with van der Waals surface area (Å²) in [4.78, 5) is 4.27. The molecule has 6 heteroatoms. The number of anilines is 1. The van der Waals surface area contributed by atoms with Crippen LogP contribution in [0.15, 0.2) is 42.5 Å². The lowest BCUT2D eigenvalue weighted by atomic mass is 9.90. The van der Waals surface area contributed by atoms with Crippen molar-refractivity contribution in [1.29, 1.82) is 5.26 Å². The summed E-state index contributed by atoms with van der Waals surface area (Å²) in [5, 5.41) is 9.83. The van der Waals surface area contributed by atoms with Gasteiger partial charge in [0.25, 0.3) is 0 Å². The maximum absolute atomic E-state index is 14.7. The van der Waals surface area contributed by atoms with Crippen LogP contribution < -0.4 is 10.5 Å². The third kappa shape index (κ3) is 2.96. The Morgan fingerprint density at radius 1 is 1.12 bits per heavy atom. The second-order valence-electron chi connectivity index (χ2n) is 5.64. The zero-order valence-electron chi connectivity index (χ0n) is 14.2. The molecule has 0 radical (unpaired) electrons. The minimum absolute atomic E-state index is 0.0385. The van der Waals surface area contributed by atoms with Gasteiger partial charge in [-0.1, -0.05) is 29.8 Å². The van der Waals surface area contributed by atoms with Gasteiger partial charge in [-0.15, -0.1) is 0 Å². The molecule has 0 unspecified atom stereocenters. The van der Waals surface area contributed by atoms with E-state index in [4.69, 9.17) is 22.1 Å². The lowest BCUT2D eigenvalue weighted by Crippen LogP contribution is -2.04. The van der Waals surface area contributed by atoms with Gasteiger partial charge in [-0.05, 0) is 36.8 Å². The summed E-state index contributed by atoms with van der Waals surface area (Å²) in [6, 6.07) is 13.6. The van der Waals surface area contributed by atoms with Gasteiger partial charge in [0.1, 0.15) is 29.0 Å². The quantitative estimate of drug-likeness (QED) is 0.708. The second-order valence-corrected chi connectivity index (χ2v) is 6.05. The molecule has 0 aliphatic carbocycles. The van der Waals surface area contributed by atoms with E-state index in [1.54, 1.807) is 32.2 Å². The van der Waals surface area contributed by atoms with Gasteiger partial charge in [0.15, 0.2) is 0 Å². The maximum Gasteiger partial charge on any atom is 0.142 e. The summed E-state index contributed by atoms with van der Waals surface area (Å²) >= 11 is 6.27. The monoisotopic (exact) mass is 367 g/mol. The Kier molecular flexibility index (Phi) is 4.79. The standard InChI is InChI=1S/C20H15ClFN3O/c1-11-17(12-6-8-13(26-2)9-7-12)18(14(10-23)20(24)25-11)19-15(21)4-3-5-16(19)22/h3-9H,1-2H3,(H2,24,25). The van der Waals surface area contributed by atoms with Gasteiger partial charge in [-0.2, -0.15) is 5.26 Å². The number of halogens is 2. The molecular formula is C20H15ClFN3O. The third-order valence-electron chi connectivity index (χ3n) is 4.11. The highest BCUT2D eigenvalue weighted by Gasteiger charge is 2.23. The molecule has 130 valence electrons. The van der Waals surface area contributed by atoms with Gasteiger partial charge in [0.05, 0.1) is 12.1 Å². The topological polar surface area (TPSA) is 71.9 Å². The summed E-state index contributed by atoms with van der Waals surface area (Å²) in [6.45, 7) is 1.76. The van der Waals surface area contributed by atoms with E-state index in [9.17, 15) is 9.65 Å². The van der Waals surface area contributed by atoms with Crippen LogP contribution in [-0.4, -0.2) is 12.1 Å². The predicted molar refractivity (Wildman–Crippen MR) is 100 cm³/mol. The molecule has 0 saturated heterocycles. The first-order valence-electron chi connectivity index (χ1n) is 7.77. The number of hydrogen-bond donors (Lipinski definition) is 1. The molecule has 0 saturated carbocycles. The average molecular weight is 368 g/mol. The third-order valence-corrected chi connectivity index (χ3v) is 4.42. The summed E-state index contributed by atoms with van der Waals surface area (Å²) < 4.78 is 19.8. The van der Waals surface area contributed by atoms with Crippen LogP contribution >= 0.6 is 11.6 Å². The Labute approximate surface area is 155 Å². The fourth-order valence-electron chi connectivity index (χ4n) is 2.94. The molecule has 26 heavy (non-hydrogen) atoms. The number of aryl methyl sites for hydroxylation is 1. The van der Waals surface area contributed by atoms with E-state index in [0.29, 0.717) is 22.6 Å². The Morgan fingerprint density at radius 3 is 2.38 bits per heavy atom. The highest BCUT2D eigenvalue weighted by atomic mass is 35.5. The SMILES string of the molecule is COc1ccc(-c2c(C)nc(N)c(C#N)c2-c2c(F)cccc2Cl)cc1. The van der Waals surface area contributed by atoms with Crippen LogP contribution in [0.4, 0.5) is 10.2 Å². The lowest BCUT2D eigenvalue weighted by molar-refractivity contribution is 0.415. The molecule has 1 heterocycles. The number of nitrogen functional groups attached to an aromatic ring is 1. The Bertz CT molecular complexity index is 1010. The molecule has 0 fully saturated rings. The number of ether oxygens (including phenoxy) is 1. The number of nitrogens with two attached hydrogens (primary N) is 1. The second kappa shape index (κ2) is 7.03. The van der Waals surface area contributed by atoms with Crippen LogP contribution in [0.3, 0.4) is 0 Å². The van der Waals surface area contributed by atoms with Crippen LogP contribution in [-0.2, 0) is 0 Å². The molecule has 2 N–H and O–H groups in total. The number of rotatable bonds is 3. The number of nitrogens with zero attached hydrogens (tertiary/aromatic N) is 2. The van der Waals surface area contributed by atoms with E-state index >= 15 is 0 Å². The Hall–Kier alpha value is -3.10. The van der Waals surface area contributed by atoms with E-state index in [1.165, 1.54) is 12.1 Å². The molecule has 1 aromatic heterocycles. The van der Waals surface area contributed by atoms with Crippen LogP contribution in [0.25, 0.3) is 22.3 Å². The first kappa shape index (κ1) is 17.7. The smallest absolute Gasteiger partial charge is 0.142 e. The van der Waals surface area contributed by atoms with E-state index in [2.05, 4.69) is 4.98 Å². The highest BCUT2D eigenvalue weighted by Crippen LogP contribution is 2.42. The largest absolute Gasteiger partial charge is 0.497 e. The molecule has 0 spiro atoms. The molecular weight excluding hydrogens is 353 g/mol. The minimum atomic E-state index is -0.534. The first-order valence-corrected chi connectivity index (χ1v) is 8.14. The molecule has 0 bridgehead atoms. The molecule has 2 aromatic carbocycles. The number of methoxy groups -OCH3 is 1. The zero-order valence-corrected chi connectivity index (χ0v) is 14.9. The van der Waals surface area contributed by atoms with Gasteiger partial charge >= 0.3 is 0 Å². The van der Waals surface area contributed by atoms with Crippen molar-refractivity contribution in [2.45, 2.75) is 6.92 Å². The summed E-state index contributed by atoms with van der Waals surface area (Å²) in [5.74, 6) is 0.186. The van der Waals surface area contributed by atoms with Crippen molar-refractivity contribution in [3.63, 3.8) is 0 Å². The fourth-order valence-corrected chi connectivity index (χ4v) is 3.19. The molecule has 0 amide bonds. The number of aromatic nitrogens is 1. The van der Waals surface area contributed by atoms with E-state index in [0.717, 1.165) is 5.56 Å². The van der Waals surface area contributed by atoms with Crippen LogP contribution in [0.2, 0.25) is 5.02 Å². The van der Waals surface area contributed by atoms with Crippen molar-refractivity contribution < 1.29 is 9.13 Å². The van der Waals surface area contributed by atoms with Crippen molar-refractivity contribution in [3.8, 4) is 34.1 Å². The van der Waals surface area contributed by atoms with Gasteiger partial charge in [-0.3, -0.25) is 0 Å². The van der Waals surface area contributed by atoms with Crippen molar-refractivity contribution in [2.75, 3.05) is 12.8 Å². The van der Waals surface area contributed by atoms with Crippen molar-refractivity contribution in [1.82, 2.24) is 4.98 Å². The fraction of sp³-hybridized carbons (Fsp3) is 0.100. The van der Waals surface area contributed by atoms with Crippen molar-refractivity contribution >= 4 is 17.4 Å². The Morgan fingerprint density at radius 2 is 1.81 bits per heavy atom. The summed E-state index contributed by atoms with van der Waals surface area (Å²) in [7, 11) is 1.57. The van der Waals surface area contributed by atoms with Crippen LogP contribution in [0.5, 0.6) is 5.75 Å². The predicted octanol–water partition coefficient (Wildman–Crippen LogP) is 4.98. The summed E-state index contributed by atoms with van der Waals surface area (Å²) in [6.07, 6.45) is 0. The van der Waals surface area contributed by atoms with Crippen molar-refractivity contribution in [2.24, 2.45) is 0 Å². The molecule has 3 aromatic rings. The number of hydrogen-bond acceptors (Lipinski definition) is 4. The maximum atomic E-state index is 14.7. The van der Waals surface area contributed by atoms with Crippen LogP contribution in [0, 0.1) is 24.1 Å². The van der Waals surface area contributed by atoms with Gasteiger partial charge < -0.3 is 10.5 Å². The molecule has 0 atom stereocenters. The molecule has 0 aliphatic heterocycles. The minimum Gasteiger partial charge on any atom is -0.497 e.